The van der Waals surface area contributed by atoms with E-state index in [1.165, 1.54) is 27.7 Å². The second-order valence-corrected chi connectivity index (χ2v) is 18.3. The fourth-order valence-electron chi connectivity index (χ4n) is 6.38. The molecule has 0 radical (unpaired) electrons. The minimum Gasteiger partial charge on any atom is -0.379 e. The molecule has 4 rings (SSSR count). The smallest absolute Gasteiger partial charge is 0.379 e. The van der Waals surface area contributed by atoms with Gasteiger partial charge in [-0.3, -0.25) is 48.5 Å². The molecule has 0 aliphatic rings. The molecule has 84 heavy (non-hydrogen) atoms. The highest BCUT2D eigenvalue weighted by Gasteiger charge is 2.09. The standard InChI is InChI=1S/C20H30N2O6.C17H25N3O5.C12H15NO2.C11H14N2O3/c1-3-4-9-26-10-11-27-14-19(24)21-12-17-5-7-18(8-6-17)22-20(25)15-28-13-16(2)23;1-13(21)10-25-12-17(23)20-15-5-3-14(4-6-15)9-19-16(22)11-24-8-7-18-2;1-9(14)11-5-3-10(4-6-11)7-12(15)8-13-2;1-8(14)16-11(15)13-10-5-3-9(4-6-10)7-12-2/h5-8H,3-4,9-15H2,1-2H3,(H,21,24)(H,22,25);3-6,18H,7-12H2,1-2H3,(H,19,22)(H,20,23);3-6,13H,7-8H2,1-2H3;3-6,12H,7H2,1-2H3,(H,13,15). The number of ketones is 4. The molecule has 0 aliphatic heterocycles. The van der Waals surface area contributed by atoms with Gasteiger partial charge < -0.3 is 65.6 Å². The molecule has 4 aromatic carbocycles. The van der Waals surface area contributed by atoms with Crippen molar-refractivity contribution < 1.29 is 76.4 Å². The SMILES string of the molecule is CCCCOCCOCC(=O)NCc1ccc(NC(=O)COCC(C)=O)cc1.CNCC(=O)Cc1ccc(C(C)=O)cc1.CNCCOCC(=O)NCc1ccc(NC(=O)COCC(C)=O)cc1.CNCc1ccc(NC(=O)OC(C)=O)cc1. The van der Waals surface area contributed by atoms with Crippen molar-refractivity contribution in [3.63, 3.8) is 0 Å². The number of carbonyl (C=O) groups excluding carboxylic acids is 10. The number of rotatable bonds is 35. The summed E-state index contributed by atoms with van der Waals surface area (Å²) >= 11 is 0. The molecule has 4 aromatic rings. The monoisotopic (exact) mass is 1170 g/mol. The number of unbranched alkanes of at least 4 members (excludes halogenated alkanes) is 1. The Labute approximate surface area is 491 Å². The average Bonchev–Trinajstić information content (AvgIpc) is 3.53. The van der Waals surface area contributed by atoms with Crippen LogP contribution in [-0.2, 0) is 92.8 Å². The molecule has 0 saturated heterocycles. The highest BCUT2D eigenvalue weighted by atomic mass is 16.6. The first kappa shape index (κ1) is 74.1. The van der Waals surface area contributed by atoms with Gasteiger partial charge in [0.2, 0.25) is 23.6 Å². The predicted octanol–water partition coefficient (Wildman–Crippen LogP) is 4.48. The van der Waals surface area contributed by atoms with E-state index >= 15 is 0 Å². The van der Waals surface area contributed by atoms with Gasteiger partial charge in [-0.2, -0.15) is 0 Å². The van der Waals surface area contributed by atoms with Crippen LogP contribution in [0.3, 0.4) is 0 Å². The van der Waals surface area contributed by atoms with E-state index in [0.717, 1.165) is 41.6 Å². The number of carbonyl (C=O) groups is 10. The van der Waals surface area contributed by atoms with Gasteiger partial charge in [0.1, 0.15) is 39.6 Å². The summed E-state index contributed by atoms with van der Waals surface area (Å²) in [5.74, 6) is -1.76. The largest absolute Gasteiger partial charge is 0.419 e. The Morgan fingerprint density at radius 3 is 1.26 bits per heavy atom. The van der Waals surface area contributed by atoms with Crippen LogP contribution < -0.4 is 42.5 Å². The number of nitrogens with one attached hydrogen (secondary N) is 8. The molecular weight excluding hydrogens is 1090 g/mol. The summed E-state index contributed by atoms with van der Waals surface area (Å²) < 4.78 is 30.0. The van der Waals surface area contributed by atoms with E-state index in [2.05, 4.69) is 54.2 Å². The molecule has 0 bridgehead atoms. The molecule has 0 atom stereocenters. The number of benzene rings is 4. The Hall–Kier alpha value is -7.94. The van der Waals surface area contributed by atoms with Crippen LogP contribution in [0, 0.1) is 0 Å². The fraction of sp³-hybridized carbons (Fsp3) is 0.433. The van der Waals surface area contributed by atoms with Crippen molar-refractivity contribution in [2.75, 3.05) is 116 Å². The van der Waals surface area contributed by atoms with Crippen LogP contribution >= 0.6 is 0 Å². The third-order valence-corrected chi connectivity index (χ3v) is 10.5. The summed E-state index contributed by atoms with van der Waals surface area (Å²) in [6, 6.07) is 28.5. The topological polar surface area (TPSA) is 322 Å². The Balaban J connectivity index is 0.000000578. The summed E-state index contributed by atoms with van der Waals surface area (Å²) in [6.07, 6.45) is 1.76. The van der Waals surface area contributed by atoms with Gasteiger partial charge >= 0.3 is 12.1 Å². The normalized spacial score (nSPS) is 10.2. The van der Waals surface area contributed by atoms with Crippen molar-refractivity contribution in [3.05, 3.63) is 125 Å². The second kappa shape index (κ2) is 46.5. The number of ether oxygens (including phenoxy) is 6. The highest BCUT2D eigenvalue weighted by Crippen LogP contribution is 2.12. The zero-order chi connectivity index (χ0) is 62.3. The molecule has 24 heteroatoms. The van der Waals surface area contributed by atoms with Crippen LogP contribution in [-0.4, -0.2) is 159 Å². The first-order valence-electron chi connectivity index (χ1n) is 27.1. The number of hydrogen-bond acceptors (Lipinski definition) is 19. The molecule has 0 aromatic heterocycles. The number of likely N-dealkylation sites (N-methyl/N-ethyl adjacent to an activating group) is 2. The van der Waals surface area contributed by atoms with Crippen LogP contribution in [0.15, 0.2) is 97.1 Å². The minimum absolute atomic E-state index is 0.00839. The molecule has 0 aliphatic carbocycles. The summed E-state index contributed by atoms with van der Waals surface area (Å²) in [5.41, 5.74) is 6.33. The van der Waals surface area contributed by atoms with Crippen LogP contribution in [0.1, 0.15) is 80.1 Å². The third kappa shape index (κ3) is 40.3. The average molecular weight is 1170 g/mol. The summed E-state index contributed by atoms with van der Waals surface area (Å²) in [6.45, 7) is 11.7. The first-order chi connectivity index (χ1) is 40.3. The predicted molar refractivity (Wildman–Crippen MR) is 317 cm³/mol. The molecule has 460 valence electrons. The lowest BCUT2D eigenvalue weighted by molar-refractivity contribution is -0.134. The van der Waals surface area contributed by atoms with Gasteiger partial charge in [-0.15, -0.1) is 0 Å². The van der Waals surface area contributed by atoms with E-state index in [9.17, 15) is 47.9 Å². The van der Waals surface area contributed by atoms with Crippen LogP contribution in [0.4, 0.5) is 21.9 Å². The second-order valence-electron chi connectivity index (χ2n) is 18.3. The van der Waals surface area contributed by atoms with E-state index in [4.69, 9.17) is 23.7 Å². The lowest BCUT2D eigenvalue weighted by Gasteiger charge is -2.09. The highest BCUT2D eigenvalue weighted by molar-refractivity contribution is 5.95. The van der Waals surface area contributed by atoms with Gasteiger partial charge in [-0.1, -0.05) is 74.0 Å². The maximum atomic E-state index is 11.7. The molecule has 0 unspecified atom stereocenters. The Morgan fingerprint density at radius 1 is 0.417 bits per heavy atom. The lowest BCUT2D eigenvalue weighted by atomic mass is 10.1. The maximum Gasteiger partial charge on any atom is 0.419 e. The number of Topliss-reactive ketones (excluding diaryl/α,β-unsaturated/α-hetero) is 4. The molecule has 0 heterocycles. The van der Waals surface area contributed by atoms with Crippen molar-refractivity contribution in [2.24, 2.45) is 0 Å². The zero-order valence-corrected chi connectivity index (χ0v) is 49.5. The number of anilines is 3. The third-order valence-electron chi connectivity index (χ3n) is 10.5. The molecule has 5 amide bonds. The number of esters is 1. The van der Waals surface area contributed by atoms with Gasteiger partial charge in [0.25, 0.3) is 0 Å². The Morgan fingerprint density at radius 2 is 0.845 bits per heavy atom. The van der Waals surface area contributed by atoms with Crippen molar-refractivity contribution in [2.45, 2.75) is 73.5 Å². The Bertz CT molecular complexity index is 2600. The van der Waals surface area contributed by atoms with Crippen LogP contribution in [0.25, 0.3) is 0 Å². The minimum atomic E-state index is -0.770. The maximum absolute atomic E-state index is 11.7. The fourth-order valence-corrected chi connectivity index (χ4v) is 6.38. The van der Waals surface area contributed by atoms with Crippen LogP contribution in [0.2, 0.25) is 0 Å². The zero-order valence-electron chi connectivity index (χ0n) is 49.5. The van der Waals surface area contributed by atoms with E-state index < -0.39 is 12.1 Å². The van der Waals surface area contributed by atoms with Gasteiger partial charge in [0, 0.05) is 68.8 Å². The molecule has 0 saturated carbocycles. The van der Waals surface area contributed by atoms with E-state index in [-0.39, 0.29) is 86.4 Å². The molecular formula is C60H84N8O16. The van der Waals surface area contributed by atoms with Gasteiger partial charge in [-0.05, 0) is 107 Å². The van der Waals surface area contributed by atoms with Crippen LogP contribution in [0.5, 0.6) is 0 Å². The molecule has 24 nitrogen and oxygen atoms in total. The summed E-state index contributed by atoms with van der Waals surface area (Å²) in [5, 5.41) is 22.0. The van der Waals surface area contributed by atoms with E-state index in [1.807, 2.05) is 38.4 Å². The summed E-state index contributed by atoms with van der Waals surface area (Å²) in [7, 11) is 5.42. The Kier molecular flexibility index (Phi) is 41.0. The lowest BCUT2D eigenvalue weighted by Crippen LogP contribution is -2.28. The molecule has 0 spiro atoms. The van der Waals surface area contributed by atoms with Crippen molar-refractivity contribution in [3.8, 4) is 0 Å². The van der Waals surface area contributed by atoms with Crippen molar-refractivity contribution in [1.29, 1.82) is 0 Å². The van der Waals surface area contributed by atoms with Crippen molar-refractivity contribution in [1.82, 2.24) is 26.6 Å². The summed E-state index contributed by atoms with van der Waals surface area (Å²) in [4.78, 5) is 112. The van der Waals surface area contributed by atoms with E-state index in [1.54, 1.807) is 79.8 Å². The number of hydrogen-bond donors (Lipinski definition) is 8. The first-order valence-corrected chi connectivity index (χ1v) is 27.1. The molecule has 8 N–H and O–H groups in total. The van der Waals surface area contributed by atoms with E-state index in [0.29, 0.717) is 81.7 Å². The van der Waals surface area contributed by atoms with Gasteiger partial charge in [0.05, 0.1) is 26.4 Å². The number of amides is 5. The van der Waals surface area contributed by atoms with Crippen molar-refractivity contribution >= 4 is 75.9 Å². The molecule has 0 fully saturated rings. The quantitative estimate of drug-likeness (QED) is 0.0136. The van der Waals surface area contributed by atoms with Gasteiger partial charge in [0.15, 0.2) is 23.1 Å². The van der Waals surface area contributed by atoms with Gasteiger partial charge in [-0.25, -0.2) is 4.79 Å².